The summed E-state index contributed by atoms with van der Waals surface area (Å²) in [5, 5.41) is 22.8. The zero-order valence-electron chi connectivity index (χ0n) is 20.3. The van der Waals surface area contributed by atoms with E-state index in [9.17, 15) is 19.0 Å². The maximum absolute atomic E-state index is 13.7. The van der Waals surface area contributed by atoms with E-state index in [1.165, 1.54) is 12.1 Å². The quantitative estimate of drug-likeness (QED) is 0.512. The standard InChI is InChI=1S/C28H35F2NO2/c1-16(2)25-24(26(33)18-10-12-19(13-11-18)28(5,29)30)22(17-8-6-7-9-17)23-20(31-25)14-27(3,4)15-21(23)32/h8,10-13,16,21,26,32-33H,6-7,9,14-15H2,1-5H3/t21-,26+/m0/s1. The largest absolute Gasteiger partial charge is 0.388 e. The molecule has 1 aromatic carbocycles. The fourth-order valence-electron chi connectivity index (χ4n) is 5.41. The third kappa shape index (κ3) is 4.63. The van der Waals surface area contributed by atoms with Gasteiger partial charge in [-0.05, 0) is 60.1 Å². The maximum atomic E-state index is 13.7. The SMILES string of the molecule is CC(C)c1nc2c(c(C3=CCCC3)c1[C@H](O)c1ccc(C(C)(F)F)cc1)[C@@H](O)CC(C)(C)C2. The molecule has 2 aliphatic carbocycles. The highest BCUT2D eigenvalue weighted by Crippen LogP contribution is 2.48. The highest BCUT2D eigenvalue weighted by Gasteiger charge is 2.38. The molecule has 2 aliphatic rings. The van der Waals surface area contributed by atoms with E-state index >= 15 is 0 Å². The Hall–Kier alpha value is -2.11. The van der Waals surface area contributed by atoms with Gasteiger partial charge < -0.3 is 10.2 Å². The molecule has 33 heavy (non-hydrogen) atoms. The maximum Gasteiger partial charge on any atom is 0.270 e. The van der Waals surface area contributed by atoms with Gasteiger partial charge in [0.15, 0.2) is 0 Å². The van der Waals surface area contributed by atoms with Gasteiger partial charge in [0.1, 0.15) is 6.10 Å². The average Bonchev–Trinajstić information content (AvgIpc) is 3.25. The lowest BCUT2D eigenvalue weighted by Gasteiger charge is -2.37. The highest BCUT2D eigenvalue weighted by molar-refractivity contribution is 5.75. The predicted octanol–water partition coefficient (Wildman–Crippen LogP) is 6.97. The molecule has 0 bridgehead atoms. The second kappa shape index (κ2) is 8.59. The van der Waals surface area contributed by atoms with Crippen LogP contribution in [0.25, 0.3) is 5.57 Å². The van der Waals surface area contributed by atoms with Gasteiger partial charge in [-0.1, -0.05) is 58.0 Å². The molecule has 1 heterocycles. The van der Waals surface area contributed by atoms with Crippen molar-refractivity contribution in [1.29, 1.82) is 0 Å². The molecule has 0 radical (unpaired) electrons. The van der Waals surface area contributed by atoms with Crippen LogP contribution < -0.4 is 0 Å². The third-order valence-corrected chi connectivity index (χ3v) is 7.02. The van der Waals surface area contributed by atoms with E-state index in [1.54, 1.807) is 12.1 Å². The molecule has 0 saturated heterocycles. The van der Waals surface area contributed by atoms with Crippen LogP contribution in [0.15, 0.2) is 30.3 Å². The molecule has 0 fully saturated rings. The van der Waals surface area contributed by atoms with Crippen molar-refractivity contribution in [3.63, 3.8) is 0 Å². The molecular formula is C28H35F2NO2. The molecule has 3 nitrogen and oxygen atoms in total. The zero-order chi connectivity index (χ0) is 24.1. The van der Waals surface area contributed by atoms with Gasteiger partial charge in [-0.2, -0.15) is 0 Å². The Balaban J connectivity index is 1.94. The normalized spacial score (nSPS) is 21.2. The lowest BCUT2D eigenvalue weighted by molar-refractivity contribution is 0.0174. The molecule has 5 heteroatoms. The molecule has 2 aromatic rings. The van der Waals surface area contributed by atoms with Crippen LogP contribution in [0.1, 0.15) is 118 Å². The summed E-state index contributed by atoms with van der Waals surface area (Å²) in [6.45, 7) is 9.29. The molecule has 0 saturated carbocycles. The van der Waals surface area contributed by atoms with Gasteiger partial charge in [0.05, 0.1) is 6.10 Å². The van der Waals surface area contributed by atoms with Crippen LogP contribution in [-0.4, -0.2) is 15.2 Å². The van der Waals surface area contributed by atoms with Crippen LogP contribution in [0.4, 0.5) is 8.78 Å². The van der Waals surface area contributed by atoms with E-state index in [2.05, 4.69) is 33.8 Å². The van der Waals surface area contributed by atoms with Crippen molar-refractivity contribution in [2.45, 2.75) is 90.8 Å². The van der Waals surface area contributed by atoms with Crippen molar-refractivity contribution < 1.29 is 19.0 Å². The lowest BCUT2D eigenvalue weighted by Crippen LogP contribution is -2.29. The fraction of sp³-hybridized carbons (Fsp3) is 0.536. The van der Waals surface area contributed by atoms with E-state index in [1.807, 2.05) is 0 Å². The van der Waals surface area contributed by atoms with Gasteiger partial charge in [0.25, 0.3) is 5.92 Å². The second-order valence-corrected chi connectivity index (χ2v) is 10.9. The first-order valence-electron chi connectivity index (χ1n) is 12.0. The van der Waals surface area contributed by atoms with Gasteiger partial charge in [0, 0.05) is 35.0 Å². The van der Waals surface area contributed by atoms with E-state index in [0.717, 1.165) is 60.7 Å². The molecule has 2 atom stereocenters. The Morgan fingerprint density at radius 1 is 1.15 bits per heavy atom. The first-order chi connectivity index (χ1) is 15.4. The number of aromatic nitrogens is 1. The predicted molar refractivity (Wildman–Crippen MR) is 127 cm³/mol. The number of hydrogen-bond donors (Lipinski definition) is 2. The minimum Gasteiger partial charge on any atom is -0.388 e. The molecule has 0 spiro atoms. The smallest absolute Gasteiger partial charge is 0.270 e. The Labute approximate surface area is 195 Å². The molecule has 4 rings (SSSR count). The van der Waals surface area contributed by atoms with E-state index in [4.69, 9.17) is 4.98 Å². The average molecular weight is 456 g/mol. The third-order valence-electron chi connectivity index (χ3n) is 7.02. The van der Waals surface area contributed by atoms with Crippen molar-refractivity contribution in [3.8, 4) is 0 Å². The number of nitrogens with zero attached hydrogens (tertiary/aromatic N) is 1. The number of fused-ring (bicyclic) bond motifs is 1. The van der Waals surface area contributed by atoms with Gasteiger partial charge >= 0.3 is 0 Å². The summed E-state index contributed by atoms with van der Waals surface area (Å²) in [5.41, 5.74) is 5.79. The van der Waals surface area contributed by atoms with Crippen LogP contribution in [0.5, 0.6) is 0 Å². The zero-order valence-corrected chi connectivity index (χ0v) is 20.3. The van der Waals surface area contributed by atoms with Crippen molar-refractivity contribution in [2.75, 3.05) is 0 Å². The molecule has 0 aliphatic heterocycles. The van der Waals surface area contributed by atoms with Crippen LogP contribution in [0.3, 0.4) is 0 Å². The number of hydrogen-bond acceptors (Lipinski definition) is 3. The second-order valence-electron chi connectivity index (χ2n) is 10.9. The fourth-order valence-corrected chi connectivity index (χ4v) is 5.41. The van der Waals surface area contributed by atoms with Gasteiger partial charge in [0.2, 0.25) is 0 Å². The van der Waals surface area contributed by atoms with Gasteiger partial charge in [-0.15, -0.1) is 0 Å². The van der Waals surface area contributed by atoms with Crippen LogP contribution in [0.2, 0.25) is 0 Å². The van der Waals surface area contributed by atoms with Gasteiger partial charge in [-0.25, -0.2) is 8.78 Å². The molecule has 0 amide bonds. The summed E-state index contributed by atoms with van der Waals surface area (Å²) >= 11 is 0. The number of rotatable bonds is 5. The number of pyridine rings is 1. The Bertz CT molecular complexity index is 1060. The lowest BCUT2D eigenvalue weighted by atomic mass is 9.71. The van der Waals surface area contributed by atoms with E-state index in [0.29, 0.717) is 17.5 Å². The molecule has 1 aromatic heterocycles. The van der Waals surface area contributed by atoms with E-state index < -0.39 is 18.1 Å². The molecule has 0 unspecified atom stereocenters. The van der Waals surface area contributed by atoms with Crippen LogP contribution >= 0.6 is 0 Å². The summed E-state index contributed by atoms with van der Waals surface area (Å²) in [6.07, 6.45) is 4.87. The number of halogens is 2. The minimum atomic E-state index is -2.93. The summed E-state index contributed by atoms with van der Waals surface area (Å²) in [4.78, 5) is 5.03. The first-order valence-corrected chi connectivity index (χ1v) is 12.0. The van der Waals surface area contributed by atoms with Crippen molar-refractivity contribution in [3.05, 3.63) is 69.5 Å². The summed E-state index contributed by atoms with van der Waals surface area (Å²) in [6, 6.07) is 5.91. The van der Waals surface area contributed by atoms with Crippen molar-refractivity contribution in [2.24, 2.45) is 5.41 Å². The minimum absolute atomic E-state index is 0.0575. The topological polar surface area (TPSA) is 53.4 Å². The molecule has 2 N–H and O–H groups in total. The van der Waals surface area contributed by atoms with E-state index in [-0.39, 0.29) is 16.9 Å². The van der Waals surface area contributed by atoms with Crippen LogP contribution in [-0.2, 0) is 12.3 Å². The monoisotopic (exact) mass is 455 g/mol. The number of allylic oxidation sites excluding steroid dienone is 2. The van der Waals surface area contributed by atoms with Crippen molar-refractivity contribution in [1.82, 2.24) is 4.98 Å². The Kier molecular flexibility index (Phi) is 6.25. The number of aliphatic hydroxyl groups excluding tert-OH is 2. The summed E-state index contributed by atoms with van der Waals surface area (Å²) in [7, 11) is 0. The number of aliphatic hydroxyl groups is 2. The Morgan fingerprint density at radius 3 is 2.36 bits per heavy atom. The summed E-state index contributed by atoms with van der Waals surface area (Å²) in [5.74, 6) is -2.88. The van der Waals surface area contributed by atoms with Gasteiger partial charge in [-0.3, -0.25) is 4.98 Å². The Morgan fingerprint density at radius 2 is 1.82 bits per heavy atom. The molecule has 178 valence electrons. The summed E-state index contributed by atoms with van der Waals surface area (Å²) < 4.78 is 27.5. The van der Waals surface area contributed by atoms with Crippen molar-refractivity contribution >= 4 is 5.57 Å². The first kappa shape index (κ1) is 24.0. The van der Waals surface area contributed by atoms with Crippen LogP contribution in [0, 0.1) is 5.41 Å². The highest BCUT2D eigenvalue weighted by atomic mass is 19.3. The number of alkyl halides is 2. The molecular weight excluding hydrogens is 420 g/mol. The number of benzene rings is 1.